The van der Waals surface area contributed by atoms with Crippen molar-refractivity contribution < 1.29 is 19.2 Å². The van der Waals surface area contributed by atoms with Crippen LogP contribution < -0.4 is 21.3 Å². The Kier molecular flexibility index (Phi) is 12.4. The van der Waals surface area contributed by atoms with E-state index in [1.54, 1.807) is 22.7 Å². The van der Waals surface area contributed by atoms with Gasteiger partial charge in [0.15, 0.2) is 0 Å². The highest BCUT2D eigenvalue weighted by Crippen LogP contribution is 2.27. The summed E-state index contributed by atoms with van der Waals surface area (Å²) in [6.07, 6.45) is 2.46. The summed E-state index contributed by atoms with van der Waals surface area (Å²) in [5, 5.41) is 16.7. The third kappa shape index (κ3) is 9.66. The van der Waals surface area contributed by atoms with Gasteiger partial charge in [0.2, 0.25) is 11.8 Å². The Hall–Kier alpha value is -3.68. The molecule has 0 radical (unpaired) electrons. The van der Waals surface area contributed by atoms with Gasteiger partial charge < -0.3 is 26.2 Å². The van der Waals surface area contributed by atoms with Crippen molar-refractivity contribution >= 4 is 46.3 Å². The number of rotatable bonds is 6. The molecule has 0 spiro atoms. The molecule has 0 aliphatic carbocycles. The lowest BCUT2D eigenvalue weighted by molar-refractivity contribution is -0.131. The molecule has 0 saturated heterocycles. The Morgan fingerprint density at radius 2 is 1.61 bits per heavy atom. The number of nitrogens with zero attached hydrogens (tertiary/aromatic N) is 3. The van der Waals surface area contributed by atoms with Gasteiger partial charge in [0.05, 0.1) is 18.6 Å². The minimum atomic E-state index is -0.478. The van der Waals surface area contributed by atoms with Crippen LogP contribution in [-0.2, 0) is 16.0 Å². The Morgan fingerprint density at radius 1 is 0.955 bits per heavy atom. The van der Waals surface area contributed by atoms with Gasteiger partial charge in [0, 0.05) is 36.8 Å². The predicted molar refractivity (Wildman–Crippen MR) is 172 cm³/mol. The van der Waals surface area contributed by atoms with Crippen molar-refractivity contribution in [2.45, 2.75) is 58.0 Å². The Morgan fingerprint density at radius 3 is 2.30 bits per heavy atom. The van der Waals surface area contributed by atoms with E-state index >= 15 is 0 Å². The van der Waals surface area contributed by atoms with Crippen LogP contribution in [0, 0.1) is 5.92 Å². The quantitative estimate of drug-likeness (QED) is 0.323. The summed E-state index contributed by atoms with van der Waals surface area (Å²) in [5.74, 6) is -0.555. The van der Waals surface area contributed by atoms with Crippen LogP contribution >= 0.6 is 22.7 Å². The van der Waals surface area contributed by atoms with Gasteiger partial charge in [-0.1, -0.05) is 44.2 Å². The highest BCUT2D eigenvalue weighted by molar-refractivity contribution is 7.10. The fourth-order valence-electron chi connectivity index (χ4n) is 4.96. The molecule has 1 aliphatic rings. The number of nitrogens with one attached hydrogen (secondary N) is 4. The molecule has 0 fully saturated rings. The summed E-state index contributed by atoms with van der Waals surface area (Å²) in [6, 6.07) is 8.97. The van der Waals surface area contributed by atoms with E-state index in [9.17, 15) is 19.2 Å². The van der Waals surface area contributed by atoms with E-state index in [-0.39, 0.29) is 59.9 Å². The molecule has 4 rings (SSSR count). The monoisotopic (exact) mass is 639 g/mol. The van der Waals surface area contributed by atoms with Crippen molar-refractivity contribution in [3.05, 3.63) is 68.1 Å². The molecule has 4 amide bonds. The number of aromatic nitrogens is 2. The number of amides is 4. The van der Waals surface area contributed by atoms with Crippen molar-refractivity contribution in [1.29, 1.82) is 0 Å². The van der Waals surface area contributed by atoms with Crippen LogP contribution in [0.25, 0.3) is 0 Å². The Labute approximate surface area is 266 Å². The van der Waals surface area contributed by atoms with E-state index in [0.29, 0.717) is 55.3 Å². The molecule has 1 aromatic carbocycles. The van der Waals surface area contributed by atoms with Crippen molar-refractivity contribution in [3.63, 3.8) is 0 Å². The van der Waals surface area contributed by atoms with Crippen LogP contribution in [0.5, 0.6) is 0 Å². The number of hydrogen-bond donors (Lipinski definition) is 4. The van der Waals surface area contributed by atoms with Crippen LogP contribution in [0.1, 0.15) is 88.2 Å². The average molecular weight is 640 g/mol. The molecule has 4 bridgehead atoms. The molecule has 3 aromatic rings. The molecular weight excluding hydrogens is 599 g/mol. The first kappa shape index (κ1) is 33.2. The second kappa shape index (κ2) is 16.4. The maximum absolute atomic E-state index is 13.5. The maximum atomic E-state index is 13.5. The summed E-state index contributed by atoms with van der Waals surface area (Å²) in [5.41, 5.74) is 1.56. The molecule has 236 valence electrons. The number of likely N-dealkylation sites (N-methyl/N-ethyl adjacent to an activating group) is 1. The van der Waals surface area contributed by atoms with E-state index in [0.717, 1.165) is 5.56 Å². The molecule has 2 aromatic heterocycles. The standard InChI is InChI=1S/C31H41N7O4S2/c1-20(2)15-22-30-37-25(19-44-30)29(42)35-23(16-21-9-5-4-6-10-21)31-36-24(18-43-31)28(41)33-12-8-14-38(27(40)17-32-3)13-7-11-26(39)34-22/h4-6,9-10,18-20,22-23,32H,7-8,11-17H2,1-3H3,(H,33,41)(H,34,39)(H,35,42)/t22-,23-/m0/s1. The van der Waals surface area contributed by atoms with Gasteiger partial charge in [-0.25, -0.2) is 9.97 Å². The maximum Gasteiger partial charge on any atom is 0.271 e. The van der Waals surface area contributed by atoms with Gasteiger partial charge >= 0.3 is 0 Å². The lowest BCUT2D eigenvalue weighted by Gasteiger charge is -2.23. The van der Waals surface area contributed by atoms with Crippen LogP contribution in [0.3, 0.4) is 0 Å². The van der Waals surface area contributed by atoms with Crippen LogP contribution in [0.15, 0.2) is 41.1 Å². The fraction of sp³-hybridized carbons (Fsp3) is 0.484. The minimum Gasteiger partial charge on any atom is -0.351 e. The molecule has 0 unspecified atom stereocenters. The van der Waals surface area contributed by atoms with E-state index < -0.39 is 6.04 Å². The molecule has 44 heavy (non-hydrogen) atoms. The van der Waals surface area contributed by atoms with Gasteiger partial charge in [-0.3, -0.25) is 19.2 Å². The van der Waals surface area contributed by atoms with Gasteiger partial charge in [-0.05, 0) is 44.2 Å². The second-order valence-electron chi connectivity index (χ2n) is 11.2. The van der Waals surface area contributed by atoms with Gasteiger partial charge in [-0.15, -0.1) is 22.7 Å². The number of thiazole rings is 2. The third-order valence-electron chi connectivity index (χ3n) is 7.14. The first-order valence-corrected chi connectivity index (χ1v) is 16.7. The topological polar surface area (TPSA) is 145 Å². The van der Waals surface area contributed by atoms with E-state index in [4.69, 9.17) is 0 Å². The Bertz CT molecular complexity index is 1410. The van der Waals surface area contributed by atoms with E-state index in [1.165, 1.54) is 22.7 Å². The third-order valence-corrected chi connectivity index (χ3v) is 9.06. The molecule has 1 aliphatic heterocycles. The van der Waals surface area contributed by atoms with Crippen LogP contribution in [0.4, 0.5) is 0 Å². The first-order chi connectivity index (χ1) is 21.2. The van der Waals surface area contributed by atoms with E-state index in [1.807, 2.05) is 30.3 Å². The van der Waals surface area contributed by atoms with Gasteiger partial charge in [0.25, 0.3) is 11.8 Å². The smallest absolute Gasteiger partial charge is 0.271 e. The first-order valence-electron chi connectivity index (χ1n) is 15.0. The number of hydrogen-bond acceptors (Lipinski definition) is 9. The highest BCUT2D eigenvalue weighted by Gasteiger charge is 2.25. The van der Waals surface area contributed by atoms with Crippen molar-refractivity contribution in [2.24, 2.45) is 5.92 Å². The normalized spacial score (nSPS) is 19.1. The number of carbonyl (C=O) groups is 4. The average Bonchev–Trinajstić information content (AvgIpc) is 3.69. The summed E-state index contributed by atoms with van der Waals surface area (Å²) in [7, 11) is 1.72. The number of carbonyl (C=O) groups excluding carboxylic acids is 4. The summed E-state index contributed by atoms with van der Waals surface area (Å²) < 4.78 is 0. The lowest BCUT2D eigenvalue weighted by Crippen LogP contribution is -2.40. The second-order valence-corrected chi connectivity index (χ2v) is 13.0. The molecule has 13 heteroatoms. The summed E-state index contributed by atoms with van der Waals surface area (Å²) in [6.45, 7) is 5.59. The van der Waals surface area contributed by atoms with Crippen molar-refractivity contribution in [1.82, 2.24) is 36.1 Å². The zero-order chi connectivity index (χ0) is 31.5. The SMILES string of the molecule is CNCC(=O)N1CCCNC(=O)c2csc(n2)[C@H](Cc2ccccc2)NC(=O)c2csc(n2)[C@H](CC(C)C)NC(=O)CCC1. The lowest BCUT2D eigenvalue weighted by atomic mass is 10.0. The highest BCUT2D eigenvalue weighted by atomic mass is 32.1. The van der Waals surface area contributed by atoms with Gasteiger partial charge in [0.1, 0.15) is 21.4 Å². The van der Waals surface area contributed by atoms with Crippen LogP contribution in [0.2, 0.25) is 0 Å². The molecule has 11 nitrogen and oxygen atoms in total. The van der Waals surface area contributed by atoms with Crippen molar-refractivity contribution in [3.8, 4) is 0 Å². The molecule has 0 saturated carbocycles. The van der Waals surface area contributed by atoms with Crippen molar-refractivity contribution in [2.75, 3.05) is 33.2 Å². The zero-order valence-corrected chi connectivity index (χ0v) is 27.1. The van der Waals surface area contributed by atoms with E-state index in [2.05, 4.69) is 45.1 Å². The largest absolute Gasteiger partial charge is 0.351 e. The number of benzene rings is 1. The fourth-order valence-corrected chi connectivity index (χ4v) is 6.67. The molecule has 2 atom stereocenters. The number of fused-ring (bicyclic) bond motifs is 4. The van der Waals surface area contributed by atoms with Crippen LogP contribution in [-0.4, -0.2) is 71.7 Å². The Balaban J connectivity index is 1.61. The molecule has 3 heterocycles. The molecular formula is C31H41N7O4S2. The minimum absolute atomic E-state index is 0.0589. The predicted octanol–water partition coefficient (Wildman–Crippen LogP) is 3.48. The van der Waals surface area contributed by atoms with Gasteiger partial charge in [-0.2, -0.15) is 0 Å². The molecule has 4 N–H and O–H groups in total. The summed E-state index contributed by atoms with van der Waals surface area (Å²) in [4.78, 5) is 63.1. The summed E-state index contributed by atoms with van der Waals surface area (Å²) >= 11 is 2.66. The zero-order valence-electron chi connectivity index (χ0n) is 25.4.